The molecule has 1 aliphatic rings. The third kappa shape index (κ3) is 2.56. The van der Waals surface area contributed by atoms with E-state index in [0.29, 0.717) is 5.04 Å². The molecule has 11 heavy (non-hydrogen) atoms. The van der Waals surface area contributed by atoms with Crippen molar-refractivity contribution in [3.63, 3.8) is 0 Å². The third-order valence-electron chi connectivity index (χ3n) is 1.99. The minimum atomic E-state index is 0.478. The third-order valence-corrected chi connectivity index (χ3v) is 6.05. The van der Waals surface area contributed by atoms with E-state index < -0.39 is 0 Å². The predicted molar refractivity (Wildman–Crippen MR) is 62.1 cm³/mol. The lowest BCUT2D eigenvalue weighted by Gasteiger charge is -2.24. The van der Waals surface area contributed by atoms with Gasteiger partial charge in [-0.2, -0.15) is 0 Å². The molecule has 0 saturated carbocycles. The van der Waals surface area contributed by atoms with E-state index in [1.807, 2.05) is 0 Å². The van der Waals surface area contributed by atoms with E-state index >= 15 is 0 Å². The number of halogens is 2. The Morgan fingerprint density at radius 1 is 1.55 bits per heavy atom. The average molecular weight is 296 g/mol. The molecule has 0 radical (unpaired) electrons. The van der Waals surface area contributed by atoms with E-state index in [1.165, 1.54) is 22.2 Å². The summed E-state index contributed by atoms with van der Waals surface area (Å²) in [5, 5.41) is 2.57. The molecule has 1 aliphatic carbocycles. The van der Waals surface area contributed by atoms with Gasteiger partial charge in [-0.1, -0.05) is 50.1 Å². The molecule has 0 heterocycles. The van der Waals surface area contributed by atoms with Crippen molar-refractivity contribution < 1.29 is 0 Å². The van der Waals surface area contributed by atoms with Crippen LogP contribution in [0.1, 0.15) is 6.42 Å². The standard InChI is InChI=1S/C8H12Br2Si/c9-5-7-1-3-8(11,6-10)4-2-7/h1-3H,4-6H2,11H3. The fourth-order valence-electron chi connectivity index (χ4n) is 1.01. The summed E-state index contributed by atoms with van der Waals surface area (Å²) in [6.45, 7) is 0. The second-order valence-corrected chi connectivity index (χ2v) is 6.35. The molecular formula is C8H12Br2Si. The maximum Gasteiger partial charge on any atom is 0.0279 e. The maximum absolute atomic E-state index is 3.55. The molecule has 0 aliphatic heterocycles. The Bertz CT molecular complexity index is 198. The lowest BCUT2D eigenvalue weighted by atomic mass is 9.98. The van der Waals surface area contributed by atoms with E-state index in [2.05, 4.69) is 50.1 Å². The molecule has 3 heteroatoms. The molecule has 1 atom stereocenters. The van der Waals surface area contributed by atoms with Crippen molar-refractivity contribution >= 4 is 42.1 Å². The Kier molecular flexibility index (Phi) is 3.59. The van der Waals surface area contributed by atoms with Crippen LogP contribution < -0.4 is 0 Å². The lowest BCUT2D eigenvalue weighted by Crippen LogP contribution is -2.13. The van der Waals surface area contributed by atoms with Crippen molar-refractivity contribution in [1.29, 1.82) is 0 Å². The van der Waals surface area contributed by atoms with Gasteiger partial charge in [-0.3, -0.25) is 0 Å². The van der Waals surface area contributed by atoms with Crippen LogP contribution in [0.5, 0.6) is 0 Å². The topological polar surface area (TPSA) is 0 Å². The van der Waals surface area contributed by atoms with Gasteiger partial charge in [0.15, 0.2) is 0 Å². The summed E-state index contributed by atoms with van der Waals surface area (Å²) in [6.07, 6.45) is 8.14. The van der Waals surface area contributed by atoms with E-state index in [0.717, 1.165) is 10.7 Å². The molecule has 0 nitrogen and oxygen atoms in total. The fourth-order valence-corrected chi connectivity index (χ4v) is 2.21. The largest absolute Gasteiger partial charge is 0.0922 e. The summed E-state index contributed by atoms with van der Waals surface area (Å²) in [5.41, 5.74) is 1.41. The summed E-state index contributed by atoms with van der Waals surface area (Å²) >= 11 is 7.00. The van der Waals surface area contributed by atoms with Gasteiger partial charge in [0.2, 0.25) is 0 Å². The van der Waals surface area contributed by atoms with Gasteiger partial charge in [0.1, 0.15) is 0 Å². The predicted octanol–water partition coefficient (Wildman–Crippen LogP) is 2.19. The number of hydrogen-bond acceptors (Lipinski definition) is 0. The smallest absolute Gasteiger partial charge is 0.0279 e. The van der Waals surface area contributed by atoms with Gasteiger partial charge in [-0.15, -0.1) is 0 Å². The molecule has 0 amide bonds. The van der Waals surface area contributed by atoms with Crippen LogP contribution in [0.25, 0.3) is 0 Å². The summed E-state index contributed by atoms with van der Waals surface area (Å²) in [7, 11) is 1.23. The van der Waals surface area contributed by atoms with Crippen LogP contribution in [-0.4, -0.2) is 20.9 Å². The van der Waals surface area contributed by atoms with Crippen molar-refractivity contribution in [2.45, 2.75) is 11.5 Å². The quantitative estimate of drug-likeness (QED) is 0.541. The van der Waals surface area contributed by atoms with Gasteiger partial charge < -0.3 is 0 Å². The van der Waals surface area contributed by atoms with Crippen LogP contribution in [0.15, 0.2) is 23.8 Å². The van der Waals surface area contributed by atoms with Gasteiger partial charge in [0.05, 0.1) is 0 Å². The molecule has 0 aromatic heterocycles. The first kappa shape index (κ1) is 9.74. The average Bonchev–Trinajstić information content (AvgIpc) is 2.06. The molecule has 0 aromatic rings. The number of alkyl halides is 2. The van der Waals surface area contributed by atoms with Crippen LogP contribution in [0.3, 0.4) is 0 Å². The number of hydrogen-bond donors (Lipinski definition) is 0. The van der Waals surface area contributed by atoms with Crippen molar-refractivity contribution in [3.8, 4) is 0 Å². The fraction of sp³-hybridized carbons (Fsp3) is 0.500. The molecule has 62 valence electrons. The van der Waals surface area contributed by atoms with E-state index in [-0.39, 0.29) is 0 Å². The van der Waals surface area contributed by atoms with Crippen LogP contribution in [0.4, 0.5) is 0 Å². The molecule has 0 N–H and O–H groups in total. The van der Waals surface area contributed by atoms with Gasteiger partial charge in [-0.25, -0.2) is 0 Å². The monoisotopic (exact) mass is 294 g/mol. The Balaban J connectivity index is 2.63. The highest BCUT2D eigenvalue weighted by Crippen LogP contribution is 2.35. The van der Waals surface area contributed by atoms with E-state index in [9.17, 15) is 0 Å². The van der Waals surface area contributed by atoms with Crippen molar-refractivity contribution in [2.75, 3.05) is 10.7 Å². The van der Waals surface area contributed by atoms with Crippen molar-refractivity contribution in [2.24, 2.45) is 0 Å². The van der Waals surface area contributed by atoms with Crippen molar-refractivity contribution in [3.05, 3.63) is 23.8 Å². The molecule has 1 unspecified atom stereocenters. The van der Waals surface area contributed by atoms with Gasteiger partial charge in [0.25, 0.3) is 0 Å². The second-order valence-electron chi connectivity index (χ2n) is 3.24. The normalized spacial score (nSPS) is 30.5. The molecule has 0 spiro atoms. The first-order chi connectivity index (χ1) is 5.20. The van der Waals surface area contributed by atoms with Crippen LogP contribution in [0, 0.1) is 0 Å². The summed E-state index contributed by atoms with van der Waals surface area (Å²) in [5.74, 6) is 0. The molecule has 0 saturated heterocycles. The summed E-state index contributed by atoms with van der Waals surface area (Å²) in [6, 6.07) is 0. The van der Waals surface area contributed by atoms with Gasteiger partial charge in [-0.05, 0) is 17.0 Å². The first-order valence-electron chi connectivity index (χ1n) is 3.70. The first-order valence-corrected chi connectivity index (χ1v) is 6.95. The highest BCUT2D eigenvalue weighted by molar-refractivity contribution is 9.09. The van der Waals surface area contributed by atoms with Crippen LogP contribution in [0.2, 0.25) is 5.04 Å². The Morgan fingerprint density at radius 3 is 2.64 bits per heavy atom. The maximum atomic E-state index is 3.55. The Labute approximate surface area is 87.8 Å². The zero-order chi connectivity index (χ0) is 8.32. The Hall–Kier alpha value is 0.657. The lowest BCUT2D eigenvalue weighted by molar-refractivity contribution is 0.776. The van der Waals surface area contributed by atoms with Gasteiger partial charge in [0, 0.05) is 20.9 Å². The number of allylic oxidation sites excluding steroid dienone is 4. The highest BCUT2D eigenvalue weighted by Gasteiger charge is 2.20. The molecule has 1 rings (SSSR count). The molecule has 0 bridgehead atoms. The van der Waals surface area contributed by atoms with Crippen molar-refractivity contribution in [1.82, 2.24) is 0 Å². The zero-order valence-corrected chi connectivity index (χ0v) is 11.8. The highest BCUT2D eigenvalue weighted by atomic mass is 79.9. The van der Waals surface area contributed by atoms with E-state index in [4.69, 9.17) is 0 Å². The SMILES string of the molecule is [SiH3]C1(CBr)C=CC(CBr)=CC1. The summed E-state index contributed by atoms with van der Waals surface area (Å²) < 4.78 is 0. The van der Waals surface area contributed by atoms with E-state index in [1.54, 1.807) is 0 Å². The minimum Gasteiger partial charge on any atom is -0.0922 e. The van der Waals surface area contributed by atoms with Crippen LogP contribution in [-0.2, 0) is 0 Å². The number of rotatable bonds is 2. The van der Waals surface area contributed by atoms with Crippen LogP contribution >= 0.6 is 31.9 Å². The zero-order valence-electron chi connectivity index (χ0n) is 6.61. The molecule has 0 aromatic carbocycles. The minimum absolute atomic E-state index is 0.478. The molecule has 0 fully saturated rings. The van der Waals surface area contributed by atoms with Gasteiger partial charge >= 0.3 is 0 Å². The molecular weight excluding hydrogens is 284 g/mol. The Morgan fingerprint density at radius 2 is 2.27 bits per heavy atom. The second kappa shape index (κ2) is 4.05. The summed E-state index contributed by atoms with van der Waals surface area (Å²) in [4.78, 5) is 0.